The maximum atomic E-state index is 12.2. The van der Waals surface area contributed by atoms with Crippen molar-refractivity contribution < 1.29 is 23.1 Å². The van der Waals surface area contributed by atoms with Gasteiger partial charge in [-0.3, -0.25) is 14.6 Å². The molecule has 0 bridgehead atoms. The minimum absolute atomic E-state index is 0.0110. The molecule has 12 heteroatoms. The number of urea groups is 1. The summed E-state index contributed by atoms with van der Waals surface area (Å²) in [5, 5.41) is 6.55. The number of halogens is 2. The molecule has 4 rings (SSSR count). The van der Waals surface area contributed by atoms with Gasteiger partial charge < -0.3 is 15.4 Å². The third-order valence-corrected chi connectivity index (χ3v) is 5.22. The van der Waals surface area contributed by atoms with Gasteiger partial charge in [-0.15, -0.1) is 0 Å². The fourth-order valence-corrected chi connectivity index (χ4v) is 3.62. The summed E-state index contributed by atoms with van der Waals surface area (Å²) in [7, 11) is 1.45. The number of aromatic nitrogens is 3. The Bertz CT molecular complexity index is 943. The highest BCUT2D eigenvalue weighted by Gasteiger charge is 2.34. The van der Waals surface area contributed by atoms with Gasteiger partial charge in [0, 0.05) is 19.1 Å². The number of ether oxygens (including phenoxy) is 1. The number of anilines is 3. The first-order chi connectivity index (χ1) is 14.9. The number of likely N-dealkylation sites (N-methyl/N-ethyl adjacent to an activating group) is 1. The minimum Gasteiger partial charge on any atom is -0.432 e. The molecule has 2 aliphatic rings. The fraction of sp³-hybridized carbons (Fsp3) is 0.421. The molecule has 3 amide bonds. The summed E-state index contributed by atoms with van der Waals surface area (Å²) in [4.78, 5) is 38.5. The van der Waals surface area contributed by atoms with E-state index in [9.17, 15) is 18.4 Å². The van der Waals surface area contributed by atoms with Crippen molar-refractivity contribution in [3.63, 3.8) is 0 Å². The number of imide groups is 1. The molecule has 10 nitrogen and oxygen atoms in total. The average Bonchev–Trinajstić information content (AvgIpc) is 3.29. The van der Waals surface area contributed by atoms with Gasteiger partial charge in [0.25, 0.3) is 0 Å². The molecule has 0 radical (unpaired) electrons. The van der Waals surface area contributed by atoms with Crippen LogP contribution in [0.25, 0.3) is 0 Å². The summed E-state index contributed by atoms with van der Waals surface area (Å²) in [5.74, 6) is 0.680. The zero-order valence-corrected chi connectivity index (χ0v) is 16.7. The van der Waals surface area contributed by atoms with E-state index in [1.54, 1.807) is 18.3 Å². The zero-order chi connectivity index (χ0) is 22.0. The van der Waals surface area contributed by atoms with Gasteiger partial charge in [0.15, 0.2) is 5.75 Å². The van der Waals surface area contributed by atoms with Gasteiger partial charge >= 0.3 is 12.6 Å². The van der Waals surface area contributed by atoms with E-state index in [4.69, 9.17) is 0 Å². The maximum absolute atomic E-state index is 12.2. The molecular weight excluding hydrogens is 412 g/mol. The van der Waals surface area contributed by atoms with Crippen molar-refractivity contribution in [3.8, 4) is 5.75 Å². The first-order valence-electron chi connectivity index (χ1n) is 9.73. The van der Waals surface area contributed by atoms with E-state index in [0.29, 0.717) is 17.5 Å². The molecule has 3 heterocycles. The fourth-order valence-electron chi connectivity index (χ4n) is 3.62. The number of nitrogens with one attached hydrogen (secondary N) is 2. The summed E-state index contributed by atoms with van der Waals surface area (Å²) in [6.07, 6.45) is 6.55. The third-order valence-electron chi connectivity index (χ3n) is 5.22. The Morgan fingerprint density at radius 3 is 2.35 bits per heavy atom. The Morgan fingerprint density at radius 1 is 1.06 bits per heavy atom. The predicted molar refractivity (Wildman–Crippen MR) is 107 cm³/mol. The van der Waals surface area contributed by atoms with Crippen molar-refractivity contribution >= 4 is 29.4 Å². The lowest BCUT2D eigenvalue weighted by atomic mass is 10.2. The van der Waals surface area contributed by atoms with Crippen molar-refractivity contribution in [2.75, 3.05) is 29.1 Å². The molecule has 2 aromatic rings. The van der Waals surface area contributed by atoms with Crippen LogP contribution in [0.1, 0.15) is 19.3 Å². The molecule has 1 aliphatic heterocycles. The third kappa shape index (κ3) is 4.78. The molecule has 1 saturated heterocycles. The van der Waals surface area contributed by atoms with E-state index in [1.807, 2.05) is 0 Å². The van der Waals surface area contributed by atoms with E-state index in [-0.39, 0.29) is 36.3 Å². The van der Waals surface area contributed by atoms with Crippen molar-refractivity contribution in [2.24, 2.45) is 0 Å². The standard InChI is InChI=1S/C19H21F2N7O3/c1-27-16(29)10-28(19(27)30)13-4-5-15(22-7-13)25-11-2-3-12(6-11)26-18-23-8-14(9-24-18)31-17(20)21/h4-5,7-9,11-12,17H,2-3,6,10H2,1H3,(H,22,25)(H,23,24,26)/t11-,12-/m0/s1. The Hall–Kier alpha value is -3.57. The molecule has 2 N–H and O–H groups in total. The Labute approximate surface area is 176 Å². The molecule has 31 heavy (non-hydrogen) atoms. The SMILES string of the molecule is CN1C(=O)CN(c2ccc(N[C@H]3CC[C@H](Nc4ncc(OC(F)F)cn4)C3)nc2)C1=O. The lowest BCUT2D eigenvalue weighted by Crippen LogP contribution is -2.29. The van der Waals surface area contributed by atoms with Gasteiger partial charge in [-0.1, -0.05) is 0 Å². The smallest absolute Gasteiger partial charge is 0.387 e. The van der Waals surface area contributed by atoms with Crippen LogP contribution in [0.3, 0.4) is 0 Å². The molecule has 0 spiro atoms. The van der Waals surface area contributed by atoms with Crippen LogP contribution in [0.15, 0.2) is 30.7 Å². The number of pyridine rings is 1. The molecule has 0 aromatic carbocycles. The van der Waals surface area contributed by atoms with Crippen LogP contribution in [-0.2, 0) is 4.79 Å². The molecule has 1 aliphatic carbocycles. The second kappa shape index (κ2) is 8.66. The number of amides is 3. The average molecular weight is 433 g/mol. The van der Waals surface area contributed by atoms with E-state index in [0.717, 1.165) is 24.2 Å². The number of nitrogens with zero attached hydrogens (tertiary/aromatic N) is 5. The Balaban J connectivity index is 1.28. The monoisotopic (exact) mass is 433 g/mol. The molecule has 2 aromatic heterocycles. The van der Waals surface area contributed by atoms with Crippen LogP contribution in [-0.4, -0.2) is 64.1 Å². The highest BCUT2D eigenvalue weighted by Crippen LogP contribution is 2.26. The van der Waals surface area contributed by atoms with E-state index in [1.165, 1.54) is 24.3 Å². The summed E-state index contributed by atoms with van der Waals surface area (Å²) in [6, 6.07) is 3.46. The Morgan fingerprint density at radius 2 is 1.77 bits per heavy atom. The Kier molecular flexibility index (Phi) is 5.78. The summed E-state index contributed by atoms with van der Waals surface area (Å²) in [5.41, 5.74) is 0.565. The molecule has 2 fully saturated rings. The van der Waals surface area contributed by atoms with E-state index >= 15 is 0 Å². The predicted octanol–water partition coefficient (Wildman–Crippen LogP) is 2.32. The normalized spacial score (nSPS) is 21.2. The minimum atomic E-state index is -2.91. The number of rotatable bonds is 7. The highest BCUT2D eigenvalue weighted by atomic mass is 19.3. The number of hydrogen-bond donors (Lipinski definition) is 2. The molecule has 1 saturated carbocycles. The summed E-state index contributed by atoms with van der Waals surface area (Å²) >= 11 is 0. The second-order valence-electron chi connectivity index (χ2n) is 7.34. The number of alkyl halides is 2. The van der Waals surface area contributed by atoms with Crippen LogP contribution in [0.2, 0.25) is 0 Å². The molecule has 0 unspecified atom stereocenters. The van der Waals surface area contributed by atoms with Crippen molar-refractivity contribution in [1.29, 1.82) is 0 Å². The van der Waals surface area contributed by atoms with E-state index < -0.39 is 6.61 Å². The first kappa shape index (κ1) is 20.7. The highest BCUT2D eigenvalue weighted by molar-refractivity contribution is 6.11. The van der Waals surface area contributed by atoms with Gasteiger partial charge in [-0.05, 0) is 31.4 Å². The van der Waals surface area contributed by atoms with Crippen LogP contribution >= 0.6 is 0 Å². The molecular formula is C19H21F2N7O3. The zero-order valence-electron chi connectivity index (χ0n) is 16.7. The number of hydrogen-bond acceptors (Lipinski definition) is 8. The van der Waals surface area contributed by atoms with Gasteiger partial charge in [-0.25, -0.2) is 19.7 Å². The first-order valence-corrected chi connectivity index (χ1v) is 9.73. The lowest BCUT2D eigenvalue weighted by Gasteiger charge is -2.17. The maximum Gasteiger partial charge on any atom is 0.387 e. The molecule has 2 atom stereocenters. The lowest BCUT2D eigenvalue weighted by molar-refractivity contribution is -0.123. The topological polar surface area (TPSA) is 113 Å². The number of carbonyl (C=O) groups is 2. The van der Waals surface area contributed by atoms with Crippen molar-refractivity contribution in [1.82, 2.24) is 19.9 Å². The second-order valence-corrected chi connectivity index (χ2v) is 7.34. The summed E-state index contributed by atoms with van der Waals surface area (Å²) < 4.78 is 28.6. The number of carbonyl (C=O) groups excluding carboxylic acids is 2. The van der Waals surface area contributed by atoms with Crippen LogP contribution in [0.4, 0.5) is 31.0 Å². The molecule has 164 valence electrons. The van der Waals surface area contributed by atoms with Gasteiger partial charge in [0.2, 0.25) is 11.9 Å². The summed E-state index contributed by atoms with van der Waals surface area (Å²) in [6.45, 7) is -2.90. The van der Waals surface area contributed by atoms with Crippen LogP contribution < -0.4 is 20.3 Å². The van der Waals surface area contributed by atoms with Crippen molar-refractivity contribution in [3.05, 3.63) is 30.7 Å². The van der Waals surface area contributed by atoms with Crippen LogP contribution in [0, 0.1) is 0 Å². The van der Waals surface area contributed by atoms with Crippen molar-refractivity contribution in [2.45, 2.75) is 38.0 Å². The van der Waals surface area contributed by atoms with E-state index in [2.05, 4.69) is 30.3 Å². The largest absolute Gasteiger partial charge is 0.432 e. The quantitative estimate of drug-likeness (QED) is 0.640. The van der Waals surface area contributed by atoms with Gasteiger partial charge in [0.05, 0.1) is 24.3 Å². The van der Waals surface area contributed by atoms with Gasteiger partial charge in [-0.2, -0.15) is 8.78 Å². The van der Waals surface area contributed by atoms with Crippen LogP contribution in [0.5, 0.6) is 5.75 Å². The van der Waals surface area contributed by atoms with Gasteiger partial charge in [0.1, 0.15) is 12.4 Å².